The second kappa shape index (κ2) is 5.35. The molecule has 3 rings (SSSR count). The molecular formula is C14H15Cl2N3O. The van der Waals surface area contributed by atoms with E-state index in [-0.39, 0.29) is 0 Å². The fraction of sp³-hybridized carbons (Fsp3) is 0.429. The largest absolute Gasteiger partial charge is 0.334 e. The van der Waals surface area contributed by atoms with Crippen LogP contribution in [0.1, 0.15) is 37.9 Å². The van der Waals surface area contributed by atoms with Crippen molar-refractivity contribution in [2.45, 2.75) is 37.6 Å². The van der Waals surface area contributed by atoms with Gasteiger partial charge in [0.15, 0.2) is 5.82 Å². The monoisotopic (exact) mass is 311 g/mol. The summed E-state index contributed by atoms with van der Waals surface area (Å²) in [6.45, 7) is 0. The highest BCUT2D eigenvalue weighted by atomic mass is 35.5. The zero-order valence-electron chi connectivity index (χ0n) is 10.9. The van der Waals surface area contributed by atoms with E-state index in [1.165, 1.54) is 6.42 Å². The van der Waals surface area contributed by atoms with Gasteiger partial charge in [-0.05, 0) is 31.0 Å². The summed E-state index contributed by atoms with van der Waals surface area (Å²) in [6.07, 6.45) is 5.17. The van der Waals surface area contributed by atoms with E-state index in [0.29, 0.717) is 27.3 Å². The maximum atomic E-state index is 6.40. The van der Waals surface area contributed by atoms with Crippen molar-refractivity contribution in [2.24, 2.45) is 5.73 Å². The second-order valence-corrected chi connectivity index (χ2v) is 6.11. The highest BCUT2D eigenvalue weighted by molar-refractivity contribution is 6.35. The quantitative estimate of drug-likeness (QED) is 0.904. The summed E-state index contributed by atoms with van der Waals surface area (Å²) in [5.41, 5.74) is 6.55. The molecule has 1 aromatic carbocycles. The van der Waals surface area contributed by atoms with Crippen LogP contribution in [-0.4, -0.2) is 10.1 Å². The minimum absolute atomic E-state index is 0.364. The maximum absolute atomic E-state index is 6.40. The van der Waals surface area contributed by atoms with Crippen molar-refractivity contribution in [2.75, 3.05) is 0 Å². The molecule has 0 aliphatic heterocycles. The Morgan fingerprint density at radius 2 is 1.90 bits per heavy atom. The maximum Gasteiger partial charge on any atom is 0.259 e. The molecule has 0 saturated heterocycles. The topological polar surface area (TPSA) is 64.9 Å². The molecule has 1 heterocycles. The molecule has 2 aromatic rings. The first kappa shape index (κ1) is 13.9. The average Bonchev–Trinajstić information content (AvgIpc) is 2.93. The van der Waals surface area contributed by atoms with Crippen LogP contribution in [0.5, 0.6) is 0 Å². The first-order valence-corrected chi connectivity index (χ1v) is 7.43. The van der Waals surface area contributed by atoms with Gasteiger partial charge in [-0.2, -0.15) is 4.98 Å². The average molecular weight is 312 g/mol. The molecule has 0 amide bonds. The van der Waals surface area contributed by atoms with Crippen LogP contribution in [0, 0.1) is 0 Å². The lowest BCUT2D eigenvalue weighted by molar-refractivity contribution is 0.275. The lowest BCUT2D eigenvalue weighted by Gasteiger charge is -2.29. The Balaban J connectivity index is 1.95. The predicted molar refractivity (Wildman–Crippen MR) is 78.7 cm³/mol. The van der Waals surface area contributed by atoms with Gasteiger partial charge in [-0.25, -0.2) is 0 Å². The molecule has 2 N–H and O–H groups in total. The van der Waals surface area contributed by atoms with Crippen LogP contribution in [0.25, 0.3) is 11.5 Å². The first-order valence-electron chi connectivity index (χ1n) is 6.67. The number of aromatic nitrogens is 2. The zero-order chi connectivity index (χ0) is 14.2. The van der Waals surface area contributed by atoms with E-state index in [0.717, 1.165) is 25.7 Å². The molecule has 6 heteroatoms. The van der Waals surface area contributed by atoms with E-state index < -0.39 is 5.54 Å². The molecule has 1 aliphatic rings. The van der Waals surface area contributed by atoms with Crippen LogP contribution in [0.4, 0.5) is 0 Å². The Hall–Kier alpha value is -1.10. The van der Waals surface area contributed by atoms with Crippen molar-refractivity contribution in [3.8, 4) is 11.5 Å². The van der Waals surface area contributed by atoms with Gasteiger partial charge in [-0.3, -0.25) is 0 Å². The molecule has 1 saturated carbocycles. The van der Waals surface area contributed by atoms with Crippen LogP contribution in [0.2, 0.25) is 10.0 Å². The number of nitrogens with two attached hydrogens (primary N) is 1. The van der Waals surface area contributed by atoms with Gasteiger partial charge >= 0.3 is 0 Å². The van der Waals surface area contributed by atoms with Crippen LogP contribution in [0.15, 0.2) is 22.7 Å². The molecular weight excluding hydrogens is 297 g/mol. The lowest BCUT2D eigenvalue weighted by atomic mass is 9.82. The van der Waals surface area contributed by atoms with Gasteiger partial charge in [0, 0.05) is 5.02 Å². The van der Waals surface area contributed by atoms with E-state index >= 15 is 0 Å². The van der Waals surface area contributed by atoms with Crippen molar-refractivity contribution >= 4 is 23.2 Å². The fourth-order valence-corrected chi connectivity index (χ4v) is 2.97. The Morgan fingerprint density at radius 1 is 1.15 bits per heavy atom. The van der Waals surface area contributed by atoms with Crippen LogP contribution in [-0.2, 0) is 5.54 Å². The van der Waals surface area contributed by atoms with Gasteiger partial charge in [0.25, 0.3) is 5.89 Å². The normalized spacial score (nSPS) is 18.1. The highest BCUT2D eigenvalue weighted by Gasteiger charge is 2.34. The van der Waals surface area contributed by atoms with E-state index in [1.807, 2.05) is 0 Å². The van der Waals surface area contributed by atoms with E-state index in [2.05, 4.69) is 10.1 Å². The molecule has 1 aliphatic carbocycles. The van der Waals surface area contributed by atoms with Crippen molar-refractivity contribution < 1.29 is 4.52 Å². The molecule has 20 heavy (non-hydrogen) atoms. The first-order chi connectivity index (χ1) is 9.58. The van der Waals surface area contributed by atoms with Crippen LogP contribution < -0.4 is 5.73 Å². The number of nitrogens with zero attached hydrogens (tertiary/aromatic N) is 2. The molecule has 1 fully saturated rings. The molecule has 0 atom stereocenters. The summed E-state index contributed by atoms with van der Waals surface area (Å²) in [5.74, 6) is 0.922. The summed E-state index contributed by atoms with van der Waals surface area (Å²) in [4.78, 5) is 4.43. The molecule has 0 bridgehead atoms. The van der Waals surface area contributed by atoms with Crippen molar-refractivity contribution in [3.63, 3.8) is 0 Å². The number of rotatable bonds is 2. The Bertz CT molecular complexity index is 621. The minimum Gasteiger partial charge on any atom is -0.334 e. The van der Waals surface area contributed by atoms with Crippen molar-refractivity contribution in [1.29, 1.82) is 0 Å². The number of benzene rings is 1. The van der Waals surface area contributed by atoms with Gasteiger partial charge < -0.3 is 10.3 Å². The third-order valence-electron chi connectivity index (χ3n) is 3.78. The minimum atomic E-state index is -0.481. The van der Waals surface area contributed by atoms with E-state index in [1.54, 1.807) is 18.2 Å². The number of halogens is 2. The number of hydrogen-bond donors (Lipinski definition) is 1. The van der Waals surface area contributed by atoms with Gasteiger partial charge in [0.1, 0.15) is 0 Å². The van der Waals surface area contributed by atoms with Gasteiger partial charge in [0.05, 0.1) is 16.1 Å². The zero-order valence-corrected chi connectivity index (χ0v) is 12.4. The van der Waals surface area contributed by atoms with Crippen molar-refractivity contribution in [3.05, 3.63) is 34.1 Å². The molecule has 106 valence electrons. The Kier molecular flexibility index (Phi) is 3.71. The van der Waals surface area contributed by atoms with E-state index in [4.69, 9.17) is 33.5 Å². The van der Waals surface area contributed by atoms with Crippen LogP contribution >= 0.6 is 23.2 Å². The Labute approximate surface area is 127 Å². The molecule has 1 aromatic heterocycles. The molecule has 0 radical (unpaired) electrons. The summed E-state index contributed by atoms with van der Waals surface area (Å²) < 4.78 is 5.32. The summed E-state index contributed by atoms with van der Waals surface area (Å²) >= 11 is 12.1. The number of hydrogen-bond acceptors (Lipinski definition) is 4. The molecule has 0 unspecified atom stereocenters. The third-order valence-corrected chi connectivity index (χ3v) is 4.34. The van der Waals surface area contributed by atoms with Gasteiger partial charge in [0.2, 0.25) is 0 Å². The summed E-state index contributed by atoms with van der Waals surface area (Å²) in [5, 5.41) is 5.15. The Morgan fingerprint density at radius 3 is 2.65 bits per heavy atom. The highest BCUT2D eigenvalue weighted by Crippen LogP contribution is 2.35. The third kappa shape index (κ3) is 2.55. The lowest BCUT2D eigenvalue weighted by Crippen LogP contribution is -2.39. The van der Waals surface area contributed by atoms with E-state index in [9.17, 15) is 0 Å². The van der Waals surface area contributed by atoms with Gasteiger partial charge in [-0.1, -0.05) is 47.6 Å². The molecule has 0 spiro atoms. The standard InChI is InChI=1S/C14H15Cl2N3O/c15-9-4-5-11(16)10(8-9)12-18-13(19-20-12)14(17)6-2-1-3-7-14/h4-5,8H,1-3,6-7,17H2. The van der Waals surface area contributed by atoms with Crippen molar-refractivity contribution in [1.82, 2.24) is 10.1 Å². The van der Waals surface area contributed by atoms with Gasteiger partial charge in [-0.15, -0.1) is 0 Å². The van der Waals surface area contributed by atoms with Crippen LogP contribution in [0.3, 0.4) is 0 Å². The fourth-order valence-electron chi connectivity index (χ4n) is 2.60. The summed E-state index contributed by atoms with van der Waals surface area (Å²) in [6, 6.07) is 5.14. The summed E-state index contributed by atoms with van der Waals surface area (Å²) in [7, 11) is 0. The second-order valence-electron chi connectivity index (χ2n) is 5.26. The molecule has 4 nitrogen and oxygen atoms in total. The SMILES string of the molecule is NC1(c2noc(-c3cc(Cl)ccc3Cl)n2)CCCCC1. The predicted octanol–water partition coefficient (Wildman–Crippen LogP) is 4.16. The smallest absolute Gasteiger partial charge is 0.259 e.